The minimum absolute atomic E-state index is 0.231. The number of carboxylic acid groups (broad SMARTS) is 1. The molecular weight excluding hydrogens is 284 g/mol. The van der Waals surface area contributed by atoms with E-state index in [1.54, 1.807) is 0 Å². The second kappa shape index (κ2) is 6.62. The fourth-order valence-corrected chi connectivity index (χ4v) is 2.32. The van der Waals surface area contributed by atoms with Gasteiger partial charge in [-0.3, -0.25) is 4.79 Å². The summed E-state index contributed by atoms with van der Waals surface area (Å²) in [6.07, 6.45) is 1.31. The van der Waals surface area contributed by atoms with Crippen molar-refractivity contribution < 1.29 is 28.2 Å². The molecule has 1 heterocycles. The van der Waals surface area contributed by atoms with Crippen molar-refractivity contribution >= 4 is 11.9 Å². The van der Waals surface area contributed by atoms with Gasteiger partial charge in [0.2, 0.25) is 0 Å². The molecule has 2 N–H and O–H groups in total. The summed E-state index contributed by atoms with van der Waals surface area (Å²) in [5, 5.41) is 11.5. The van der Waals surface area contributed by atoms with Crippen LogP contribution in [0.1, 0.15) is 23.2 Å². The predicted octanol–water partition coefficient (Wildman–Crippen LogP) is 1.57. The fraction of sp³-hybridized carbons (Fsp3) is 0.429. The average Bonchev–Trinajstić information content (AvgIpc) is 2.44. The summed E-state index contributed by atoms with van der Waals surface area (Å²) in [6, 6.07) is 1.20. The van der Waals surface area contributed by atoms with E-state index >= 15 is 0 Å². The van der Waals surface area contributed by atoms with Gasteiger partial charge in [-0.05, 0) is 25.0 Å². The quantitative estimate of drug-likeness (QED) is 0.885. The monoisotopic (exact) mass is 299 g/mol. The molecule has 21 heavy (non-hydrogen) atoms. The minimum Gasteiger partial charge on any atom is -0.480 e. The molecular formula is C14H15F2NO4. The number of rotatable bonds is 4. The Kier molecular flexibility index (Phi) is 4.85. The lowest BCUT2D eigenvalue weighted by Crippen LogP contribution is -2.48. The van der Waals surface area contributed by atoms with Gasteiger partial charge >= 0.3 is 5.97 Å². The van der Waals surface area contributed by atoms with E-state index < -0.39 is 29.6 Å². The molecule has 1 saturated heterocycles. The molecule has 2 rings (SSSR count). The summed E-state index contributed by atoms with van der Waals surface area (Å²) in [5.74, 6) is -4.18. The summed E-state index contributed by atoms with van der Waals surface area (Å²) in [6.45, 7) is 0.792. The molecule has 1 aromatic carbocycles. The number of nitrogens with one attached hydrogen (secondary N) is 1. The number of aliphatic carboxylic acids is 1. The Bertz CT molecular complexity index is 524. The molecule has 2 unspecified atom stereocenters. The van der Waals surface area contributed by atoms with Crippen molar-refractivity contribution in [2.24, 2.45) is 5.92 Å². The van der Waals surface area contributed by atoms with Gasteiger partial charge in [-0.2, -0.15) is 0 Å². The largest absolute Gasteiger partial charge is 0.480 e. The maximum atomic E-state index is 13.1. The molecule has 0 aromatic heterocycles. The number of carbonyl (C=O) groups is 2. The van der Waals surface area contributed by atoms with E-state index in [9.17, 15) is 23.5 Å². The fourth-order valence-electron chi connectivity index (χ4n) is 2.32. The highest BCUT2D eigenvalue weighted by molar-refractivity contribution is 5.96. The number of carbonyl (C=O) groups excluding carboxylic acids is 1. The van der Waals surface area contributed by atoms with Crippen molar-refractivity contribution in [1.82, 2.24) is 5.32 Å². The molecule has 1 aliphatic rings. The van der Waals surface area contributed by atoms with Crippen LogP contribution in [-0.2, 0) is 9.53 Å². The maximum absolute atomic E-state index is 13.1. The van der Waals surface area contributed by atoms with E-state index in [1.165, 1.54) is 0 Å². The average molecular weight is 299 g/mol. The van der Waals surface area contributed by atoms with Gasteiger partial charge in [-0.15, -0.1) is 0 Å². The Hall–Kier alpha value is -2.02. The van der Waals surface area contributed by atoms with E-state index in [4.69, 9.17) is 4.74 Å². The van der Waals surface area contributed by atoms with Crippen LogP contribution < -0.4 is 5.32 Å². The smallest absolute Gasteiger partial charge is 0.326 e. The van der Waals surface area contributed by atoms with Gasteiger partial charge in [0.25, 0.3) is 5.91 Å². The summed E-state index contributed by atoms with van der Waals surface area (Å²) in [4.78, 5) is 23.2. The van der Waals surface area contributed by atoms with Crippen LogP contribution in [0.15, 0.2) is 18.2 Å². The van der Waals surface area contributed by atoms with Crippen molar-refractivity contribution in [2.45, 2.75) is 18.9 Å². The molecule has 1 aromatic rings. The predicted molar refractivity (Wildman–Crippen MR) is 68.8 cm³/mol. The van der Waals surface area contributed by atoms with Gasteiger partial charge in [-0.1, -0.05) is 0 Å². The highest BCUT2D eigenvalue weighted by Crippen LogP contribution is 2.18. The lowest BCUT2D eigenvalue weighted by molar-refractivity contribution is -0.142. The number of carboxylic acids is 1. The Morgan fingerprint density at radius 2 is 1.95 bits per heavy atom. The highest BCUT2D eigenvalue weighted by Gasteiger charge is 2.31. The first-order valence-electron chi connectivity index (χ1n) is 6.55. The number of hydrogen-bond donors (Lipinski definition) is 2. The van der Waals surface area contributed by atoms with Gasteiger partial charge in [0.1, 0.15) is 17.7 Å². The SMILES string of the molecule is O=C(NC(C(=O)O)C1CCCOC1)c1cc(F)cc(F)c1. The molecule has 114 valence electrons. The maximum Gasteiger partial charge on any atom is 0.326 e. The summed E-state index contributed by atoms with van der Waals surface area (Å²) in [7, 11) is 0. The van der Waals surface area contributed by atoms with Crippen LogP contribution in [0.4, 0.5) is 8.78 Å². The second-order valence-corrected chi connectivity index (χ2v) is 4.92. The normalized spacial score (nSPS) is 19.8. The van der Waals surface area contributed by atoms with E-state index in [0.717, 1.165) is 12.1 Å². The lowest BCUT2D eigenvalue weighted by atomic mass is 9.93. The molecule has 0 bridgehead atoms. The van der Waals surface area contributed by atoms with Gasteiger partial charge in [-0.25, -0.2) is 13.6 Å². The molecule has 2 atom stereocenters. The Labute approximate surface area is 119 Å². The first-order chi connectivity index (χ1) is 9.97. The first kappa shape index (κ1) is 15.4. The van der Waals surface area contributed by atoms with E-state index in [0.29, 0.717) is 25.5 Å². The summed E-state index contributed by atoms with van der Waals surface area (Å²) < 4.78 is 31.4. The molecule has 7 heteroatoms. The van der Waals surface area contributed by atoms with Crippen molar-refractivity contribution in [3.63, 3.8) is 0 Å². The topological polar surface area (TPSA) is 75.6 Å². The van der Waals surface area contributed by atoms with Crippen molar-refractivity contribution in [3.05, 3.63) is 35.4 Å². The lowest BCUT2D eigenvalue weighted by Gasteiger charge is -2.28. The third-order valence-corrected chi connectivity index (χ3v) is 3.34. The Balaban J connectivity index is 2.12. The summed E-state index contributed by atoms with van der Waals surface area (Å²) >= 11 is 0. The number of hydrogen-bond acceptors (Lipinski definition) is 3. The highest BCUT2D eigenvalue weighted by atomic mass is 19.1. The molecule has 1 amide bonds. The Morgan fingerprint density at radius 3 is 2.48 bits per heavy atom. The van der Waals surface area contributed by atoms with Crippen molar-refractivity contribution in [1.29, 1.82) is 0 Å². The number of benzene rings is 1. The zero-order valence-corrected chi connectivity index (χ0v) is 11.1. The third kappa shape index (κ3) is 3.98. The number of ether oxygens (including phenoxy) is 1. The molecule has 1 fully saturated rings. The second-order valence-electron chi connectivity index (χ2n) is 4.92. The first-order valence-corrected chi connectivity index (χ1v) is 6.55. The van der Waals surface area contributed by atoms with Gasteiger partial charge < -0.3 is 15.2 Å². The molecule has 0 saturated carbocycles. The van der Waals surface area contributed by atoms with E-state index in [1.807, 2.05) is 0 Å². The van der Waals surface area contributed by atoms with Gasteiger partial charge in [0.15, 0.2) is 0 Å². The van der Waals surface area contributed by atoms with Crippen LogP contribution >= 0.6 is 0 Å². The minimum atomic E-state index is -1.20. The third-order valence-electron chi connectivity index (χ3n) is 3.34. The molecule has 5 nitrogen and oxygen atoms in total. The number of halogens is 2. The Morgan fingerprint density at radius 1 is 1.29 bits per heavy atom. The van der Waals surface area contributed by atoms with Crippen LogP contribution in [0.25, 0.3) is 0 Å². The standard InChI is InChI=1S/C14H15F2NO4/c15-10-4-9(5-11(16)6-10)13(18)17-12(14(19)20)8-2-1-3-21-7-8/h4-6,8,12H,1-3,7H2,(H,17,18)(H,19,20). The number of amides is 1. The van der Waals surface area contributed by atoms with Crippen molar-refractivity contribution in [2.75, 3.05) is 13.2 Å². The van der Waals surface area contributed by atoms with Crippen LogP contribution in [0, 0.1) is 17.6 Å². The van der Waals surface area contributed by atoms with Crippen LogP contribution in [0.3, 0.4) is 0 Å². The molecule has 0 aliphatic carbocycles. The van der Waals surface area contributed by atoms with Crippen molar-refractivity contribution in [3.8, 4) is 0 Å². The summed E-state index contributed by atoms with van der Waals surface area (Å²) in [5.41, 5.74) is -0.254. The van der Waals surface area contributed by atoms with Gasteiger partial charge in [0.05, 0.1) is 6.61 Å². The zero-order valence-electron chi connectivity index (χ0n) is 11.1. The van der Waals surface area contributed by atoms with Crippen LogP contribution in [0.2, 0.25) is 0 Å². The van der Waals surface area contributed by atoms with E-state index in [-0.39, 0.29) is 18.1 Å². The molecule has 0 radical (unpaired) electrons. The molecule has 0 spiro atoms. The molecule has 1 aliphatic heterocycles. The van der Waals surface area contributed by atoms with Crippen LogP contribution in [0.5, 0.6) is 0 Å². The zero-order chi connectivity index (χ0) is 15.4. The van der Waals surface area contributed by atoms with E-state index in [2.05, 4.69) is 5.32 Å². The van der Waals surface area contributed by atoms with Crippen LogP contribution in [-0.4, -0.2) is 36.2 Å². The van der Waals surface area contributed by atoms with Gasteiger partial charge in [0, 0.05) is 24.2 Å².